The lowest BCUT2D eigenvalue weighted by Crippen LogP contribution is -2.40. The molecule has 24 heavy (non-hydrogen) atoms. The molecule has 1 aliphatic rings. The molecule has 0 N–H and O–H groups in total. The Balaban J connectivity index is 1.92. The number of benzene rings is 1. The summed E-state index contributed by atoms with van der Waals surface area (Å²) in [6.45, 7) is 2.12. The maximum absolute atomic E-state index is 13.1. The van der Waals surface area contributed by atoms with Crippen LogP contribution in [0.2, 0.25) is 0 Å². The molecule has 5 nitrogen and oxygen atoms in total. The highest BCUT2D eigenvalue weighted by atomic mass is 79.9. The molecule has 1 unspecified atom stereocenters. The van der Waals surface area contributed by atoms with Gasteiger partial charge in [0.15, 0.2) is 14.5 Å². The first-order valence-electron chi connectivity index (χ1n) is 7.67. The van der Waals surface area contributed by atoms with Crippen LogP contribution < -0.4 is 0 Å². The molecule has 3 rings (SSSR count). The number of hydrogen-bond acceptors (Lipinski definition) is 4. The monoisotopic (exact) mass is 411 g/mol. The Labute approximate surface area is 149 Å². The minimum atomic E-state index is -3.09. The molecule has 1 atom stereocenters. The largest absolute Gasteiger partial charge is 0.452 e. The van der Waals surface area contributed by atoms with E-state index in [1.54, 1.807) is 23.1 Å². The molecule has 1 aliphatic heterocycles. The van der Waals surface area contributed by atoms with Crippen molar-refractivity contribution in [1.29, 1.82) is 0 Å². The van der Waals surface area contributed by atoms with Crippen LogP contribution in [0.4, 0.5) is 0 Å². The van der Waals surface area contributed by atoms with Crippen LogP contribution in [0.25, 0.3) is 0 Å². The van der Waals surface area contributed by atoms with Gasteiger partial charge in [-0.15, -0.1) is 0 Å². The van der Waals surface area contributed by atoms with Gasteiger partial charge in [-0.05, 0) is 53.0 Å². The average molecular weight is 412 g/mol. The van der Waals surface area contributed by atoms with Crippen molar-refractivity contribution in [2.24, 2.45) is 0 Å². The fourth-order valence-corrected chi connectivity index (χ4v) is 5.03. The number of amides is 1. The van der Waals surface area contributed by atoms with E-state index >= 15 is 0 Å². The summed E-state index contributed by atoms with van der Waals surface area (Å²) < 4.78 is 29.8. The topological polar surface area (TPSA) is 67.6 Å². The van der Waals surface area contributed by atoms with E-state index in [1.807, 2.05) is 25.1 Å². The maximum atomic E-state index is 13.1. The van der Waals surface area contributed by atoms with Gasteiger partial charge in [-0.25, -0.2) is 8.42 Å². The zero-order valence-corrected chi connectivity index (χ0v) is 15.6. The zero-order chi connectivity index (χ0) is 17.3. The number of aryl methyl sites for hydroxylation is 1. The number of nitrogens with zero attached hydrogens (tertiary/aromatic N) is 1. The lowest BCUT2D eigenvalue weighted by atomic mass is 10.1. The van der Waals surface area contributed by atoms with Gasteiger partial charge in [-0.3, -0.25) is 4.79 Å². The van der Waals surface area contributed by atoms with Crippen molar-refractivity contribution < 1.29 is 17.6 Å². The molecule has 1 aromatic heterocycles. The lowest BCUT2D eigenvalue weighted by Gasteiger charge is -2.28. The van der Waals surface area contributed by atoms with Crippen LogP contribution in [-0.4, -0.2) is 36.8 Å². The molecule has 128 valence electrons. The van der Waals surface area contributed by atoms with Gasteiger partial charge in [-0.2, -0.15) is 0 Å². The Kier molecular flexibility index (Phi) is 4.83. The van der Waals surface area contributed by atoms with E-state index in [2.05, 4.69) is 15.9 Å². The van der Waals surface area contributed by atoms with Crippen molar-refractivity contribution in [3.63, 3.8) is 0 Å². The van der Waals surface area contributed by atoms with Crippen molar-refractivity contribution in [2.45, 2.75) is 25.9 Å². The summed E-state index contributed by atoms with van der Waals surface area (Å²) >= 11 is 3.25. The zero-order valence-electron chi connectivity index (χ0n) is 13.2. The predicted molar refractivity (Wildman–Crippen MR) is 94.5 cm³/mol. The molecule has 0 bridgehead atoms. The van der Waals surface area contributed by atoms with Crippen LogP contribution in [0.1, 0.15) is 28.1 Å². The second kappa shape index (κ2) is 6.72. The van der Waals surface area contributed by atoms with Crippen molar-refractivity contribution in [2.75, 3.05) is 11.5 Å². The van der Waals surface area contributed by atoms with Gasteiger partial charge < -0.3 is 9.32 Å². The van der Waals surface area contributed by atoms with Crippen LogP contribution in [0, 0.1) is 6.92 Å². The molecule has 0 spiro atoms. The van der Waals surface area contributed by atoms with E-state index in [-0.39, 0.29) is 30.0 Å². The Morgan fingerprint density at radius 3 is 2.62 bits per heavy atom. The second-order valence-electron chi connectivity index (χ2n) is 6.01. The molecule has 0 saturated carbocycles. The molecular formula is C17H18BrNO4S. The lowest BCUT2D eigenvalue weighted by molar-refractivity contribution is 0.0664. The van der Waals surface area contributed by atoms with Gasteiger partial charge in [0.05, 0.1) is 18.1 Å². The molecule has 0 aliphatic carbocycles. The quantitative estimate of drug-likeness (QED) is 0.774. The van der Waals surface area contributed by atoms with Crippen LogP contribution >= 0.6 is 15.9 Å². The van der Waals surface area contributed by atoms with Crippen LogP contribution in [-0.2, 0) is 16.4 Å². The molecule has 2 heterocycles. The number of furan rings is 1. The maximum Gasteiger partial charge on any atom is 0.254 e. The third kappa shape index (κ3) is 3.72. The number of rotatable bonds is 4. The van der Waals surface area contributed by atoms with Gasteiger partial charge in [0.1, 0.15) is 5.76 Å². The number of hydrogen-bond donors (Lipinski definition) is 0. The van der Waals surface area contributed by atoms with Crippen LogP contribution in [0.15, 0.2) is 45.5 Å². The normalized spacial score (nSPS) is 19.3. The van der Waals surface area contributed by atoms with E-state index in [1.165, 1.54) is 0 Å². The molecule has 1 saturated heterocycles. The van der Waals surface area contributed by atoms with Crippen molar-refractivity contribution in [1.82, 2.24) is 4.90 Å². The first-order chi connectivity index (χ1) is 11.4. The second-order valence-corrected chi connectivity index (χ2v) is 9.02. The summed E-state index contributed by atoms with van der Waals surface area (Å²) in [4.78, 5) is 14.7. The highest BCUT2D eigenvalue weighted by Gasteiger charge is 2.35. The summed E-state index contributed by atoms with van der Waals surface area (Å²) in [7, 11) is -3.09. The van der Waals surface area contributed by atoms with Gasteiger partial charge >= 0.3 is 0 Å². The fraction of sp³-hybridized carbons (Fsp3) is 0.353. The van der Waals surface area contributed by atoms with Gasteiger partial charge in [0.25, 0.3) is 5.91 Å². The first kappa shape index (κ1) is 17.2. The SMILES string of the molecule is Cc1ccccc1C(=O)N(Cc1ccc(Br)o1)C1CCS(=O)(=O)C1. The predicted octanol–water partition coefficient (Wildman–Crippen LogP) is 3.18. The van der Waals surface area contributed by atoms with E-state index in [0.29, 0.717) is 22.4 Å². The number of carbonyl (C=O) groups is 1. The van der Waals surface area contributed by atoms with Crippen LogP contribution in [0.5, 0.6) is 0 Å². The molecule has 2 aromatic rings. The number of halogens is 1. The third-order valence-electron chi connectivity index (χ3n) is 4.24. The molecular weight excluding hydrogens is 394 g/mol. The molecule has 0 radical (unpaired) electrons. The van der Waals surface area contributed by atoms with Crippen molar-refractivity contribution in [3.8, 4) is 0 Å². The Bertz CT molecular complexity index is 859. The Morgan fingerprint density at radius 2 is 2.04 bits per heavy atom. The summed E-state index contributed by atoms with van der Waals surface area (Å²) in [5.41, 5.74) is 1.46. The summed E-state index contributed by atoms with van der Waals surface area (Å²) in [6.07, 6.45) is 0.460. The highest BCUT2D eigenvalue weighted by molar-refractivity contribution is 9.10. The van der Waals surface area contributed by atoms with Crippen molar-refractivity contribution >= 4 is 31.7 Å². The smallest absolute Gasteiger partial charge is 0.254 e. The molecule has 7 heteroatoms. The summed E-state index contributed by atoms with van der Waals surface area (Å²) in [5, 5.41) is 0. The summed E-state index contributed by atoms with van der Waals surface area (Å²) in [6, 6.07) is 10.5. The first-order valence-corrected chi connectivity index (χ1v) is 10.3. The molecule has 1 amide bonds. The van der Waals surface area contributed by atoms with E-state index < -0.39 is 9.84 Å². The minimum absolute atomic E-state index is 0.00645. The van der Waals surface area contributed by atoms with E-state index in [0.717, 1.165) is 5.56 Å². The van der Waals surface area contributed by atoms with Gasteiger partial charge in [0.2, 0.25) is 0 Å². The molecule has 1 aromatic carbocycles. The van der Waals surface area contributed by atoms with E-state index in [4.69, 9.17) is 4.42 Å². The summed E-state index contributed by atoms with van der Waals surface area (Å²) in [5.74, 6) is 0.583. The van der Waals surface area contributed by atoms with Gasteiger partial charge in [-0.1, -0.05) is 18.2 Å². The molecule has 1 fully saturated rings. The highest BCUT2D eigenvalue weighted by Crippen LogP contribution is 2.24. The van der Waals surface area contributed by atoms with Crippen LogP contribution in [0.3, 0.4) is 0 Å². The Morgan fingerprint density at radius 1 is 1.29 bits per heavy atom. The van der Waals surface area contributed by atoms with Gasteiger partial charge in [0, 0.05) is 11.6 Å². The Hall–Kier alpha value is -1.60. The standard InChI is InChI=1S/C17H18BrNO4S/c1-12-4-2-3-5-15(12)17(20)19(10-14-6-7-16(18)23-14)13-8-9-24(21,22)11-13/h2-7,13H,8-11H2,1H3. The van der Waals surface area contributed by atoms with Crippen molar-refractivity contribution in [3.05, 3.63) is 58.0 Å². The minimum Gasteiger partial charge on any atom is -0.452 e. The third-order valence-corrected chi connectivity index (χ3v) is 6.42. The average Bonchev–Trinajstić information content (AvgIpc) is 3.10. The van der Waals surface area contributed by atoms with E-state index in [9.17, 15) is 13.2 Å². The fourth-order valence-electron chi connectivity index (χ4n) is 2.96. The number of sulfone groups is 1. The number of carbonyl (C=O) groups excluding carboxylic acids is 1.